The molecule has 0 aliphatic carbocycles. The molecule has 1 unspecified atom stereocenters. The SMILES string of the molecule is NNC(c1cncnc1)c1ccnn1-c1ccccc1. The molecule has 3 N–H and O–H groups in total. The summed E-state index contributed by atoms with van der Waals surface area (Å²) in [6.45, 7) is 0. The van der Waals surface area contributed by atoms with Crippen LogP contribution in [0.5, 0.6) is 0 Å². The molecule has 20 heavy (non-hydrogen) atoms. The van der Waals surface area contributed by atoms with Gasteiger partial charge in [-0.3, -0.25) is 5.84 Å². The maximum Gasteiger partial charge on any atom is 0.115 e. The minimum Gasteiger partial charge on any atom is -0.271 e. The quantitative estimate of drug-likeness (QED) is 0.548. The molecular formula is C14H14N6. The van der Waals surface area contributed by atoms with E-state index in [1.165, 1.54) is 6.33 Å². The lowest BCUT2D eigenvalue weighted by molar-refractivity contribution is 0.593. The summed E-state index contributed by atoms with van der Waals surface area (Å²) < 4.78 is 1.84. The van der Waals surface area contributed by atoms with Crippen LogP contribution in [0, 0.1) is 0 Å². The zero-order chi connectivity index (χ0) is 13.8. The molecule has 2 heterocycles. The molecule has 1 aromatic carbocycles. The molecule has 3 aromatic rings. The van der Waals surface area contributed by atoms with Crippen LogP contribution in [0.1, 0.15) is 17.3 Å². The molecule has 0 fully saturated rings. The van der Waals surface area contributed by atoms with Crippen LogP contribution in [-0.4, -0.2) is 19.7 Å². The van der Waals surface area contributed by atoms with Gasteiger partial charge in [0, 0.05) is 24.2 Å². The standard InChI is InChI=1S/C14H14N6/c15-19-14(11-8-16-10-17-9-11)13-6-7-18-20(13)12-4-2-1-3-5-12/h1-10,14,19H,15H2. The molecule has 6 heteroatoms. The van der Waals surface area contributed by atoms with E-state index in [0.29, 0.717) is 0 Å². The Morgan fingerprint density at radius 3 is 2.50 bits per heavy atom. The van der Waals surface area contributed by atoms with Gasteiger partial charge < -0.3 is 0 Å². The average Bonchev–Trinajstić information content (AvgIpc) is 2.99. The van der Waals surface area contributed by atoms with E-state index in [0.717, 1.165) is 16.9 Å². The number of para-hydroxylation sites is 1. The third-order valence-corrected chi connectivity index (χ3v) is 3.05. The molecule has 3 rings (SSSR count). The van der Waals surface area contributed by atoms with Gasteiger partial charge in [-0.15, -0.1) is 0 Å². The predicted molar refractivity (Wildman–Crippen MR) is 74.8 cm³/mol. The van der Waals surface area contributed by atoms with Gasteiger partial charge in [0.2, 0.25) is 0 Å². The molecule has 0 radical (unpaired) electrons. The first-order valence-corrected chi connectivity index (χ1v) is 6.20. The van der Waals surface area contributed by atoms with Crippen LogP contribution < -0.4 is 11.3 Å². The molecule has 1 atom stereocenters. The summed E-state index contributed by atoms with van der Waals surface area (Å²) in [5, 5.41) is 4.36. The lowest BCUT2D eigenvalue weighted by atomic mass is 10.1. The van der Waals surface area contributed by atoms with Gasteiger partial charge in [0.05, 0.1) is 17.4 Å². The second-order valence-corrected chi connectivity index (χ2v) is 4.27. The summed E-state index contributed by atoms with van der Waals surface area (Å²) in [5.41, 5.74) is 5.57. The van der Waals surface area contributed by atoms with Crippen LogP contribution in [0.3, 0.4) is 0 Å². The van der Waals surface area contributed by atoms with Crippen molar-refractivity contribution >= 4 is 0 Å². The maximum atomic E-state index is 5.70. The fraction of sp³-hybridized carbons (Fsp3) is 0.0714. The molecule has 0 bridgehead atoms. The number of nitrogens with two attached hydrogens (primary N) is 1. The molecule has 0 saturated heterocycles. The molecule has 0 saturated carbocycles. The smallest absolute Gasteiger partial charge is 0.115 e. The Morgan fingerprint density at radius 2 is 1.80 bits per heavy atom. The number of hydrazine groups is 1. The largest absolute Gasteiger partial charge is 0.271 e. The normalized spacial score (nSPS) is 12.2. The zero-order valence-corrected chi connectivity index (χ0v) is 10.7. The van der Waals surface area contributed by atoms with Crippen molar-refractivity contribution < 1.29 is 0 Å². The number of benzene rings is 1. The van der Waals surface area contributed by atoms with Gasteiger partial charge in [-0.2, -0.15) is 5.10 Å². The first-order chi connectivity index (χ1) is 9.90. The van der Waals surface area contributed by atoms with Crippen molar-refractivity contribution in [3.05, 3.63) is 72.6 Å². The van der Waals surface area contributed by atoms with Crippen molar-refractivity contribution in [1.29, 1.82) is 0 Å². The molecule has 0 spiro atoms. The average molecular weight is 266 g/mol. The molecule has 0 amide bonds. The number of aromatic nitrogens is 4. The number of nitrogens with one attached hydrogen (secondary N) is 1. The van der Waals surface area contributed by atoms with Crippen LogP contribution in [0.2, 0.25) is 0 Å². The maximum absolute atomic E-state index is 5.70. The molecule has 2 aromatic heterocycles. The Bertz CT molecular complexity index is 664. The summed E-state index contributed by atoms with van der Waals surface area (Å²) in [6.07, 6.45) is 6.71. The first-order valence-electron chi connectivity index (χ1n) is 6.20. The fourth-order valence-corrected chi connectivity index (χ4v) is 2.13. The van der Waals surface area contributed by atoms with Gasteiger partial charge in [0.15, 0.2) is 0 Å². The number of hydrogen-bond donors (Lipinski definition) is 2. The molecule has 0 aliphatic rings. The van der Waals surface area contributed by atoms with Crippen molar-refractivity contribution in [3.63, 3.8) is 0 Å². The van der Waals surface area contributed by atoms with E-state index in [-0.39, 0.29) is 6.04 Å². The Kier molecular flexibility index (Phi) is 3.49. The van der Waals surface area contributed by atoms with Crippen LogP contribution in [0.4, 0.5) is 0 Å². The summed E-state index contributed by atoms with van der Waals surface area (Å²) in [6, 6.07) is 11.6. The van der Waals surface area contributed by atoms with E-state index >= 15 is 0 Å². The van der Waals surface area contributed by atoms with E-state index in [4.69, 9.17) is 5.84 Å². The molecule has 0 aliphatic heterocycles. The number of nitrogens with zero attached hydrogens (tertiary/aromatic N) is 4. The van der Waals surface area contributed by atoms with Gasteiger partial charge >= 0.3 is 0 Å². The number of rotatable bonds is 4. The summed E-state index contributed by atoms with van der Waals surface area (Å²) in [5.74, 6) is 5.70. The Balaban J connectivity index is 2.04. The van der Waals surface area contributed by atoms with E-state index in [2.05, 4.69) is 20.5 Å². The third-order valence-electron chi connectivity index (χ3n) is 3.05. The Labute approximate surface area is 116 Å². The Morgan fingerprint density at radius 1 is 1.05 bits per heavy atom. The summed E-state index contributed by atoms with van der Waals surface area (Å²) in [4.78, 5) is 8.06. The number of hydrogen-bond acceptors (Lipinski definition) is 5. The highest BCUT2D eigenvalue weighted by Gasteiger charge is 2.18. The molecule has 6 nitrogen and oxygen atoms in total. The summed E-state index contributed by atoms with van der Waals surface area (Å²) in [7, 11) is 0. The van der Waals surface area contributed by atoms with E-state index in [9.17, 15) is 0 Å². The zero-order valence-electron chi connectivity index (χ0n) is 10.7. The highest BCUT2D eigenvalue weighted by molar-refractivity contribution is 5.35. The lowest BCUT2D eigenvalue weighted by Gasteiger charge is -2.17. The van der Waals surface area contributed by atoms with E-state index in [1.807, 2.05) is 41.1 Å². The second-order valence-electron chi connectivity index (χ2n) is 4.27. The van der Waals surface area contributed by atoms with Gasteiger partial charge in [-0.1, -0.05) is 18.2 Å². The van der Waals surface area contributed by atoms with Crippen LogP contribution in [0.15, 0.2) is 61.3 Å². The van der Waals surface area contributed by atoms with Crippen LogP contribution in [-0.2, 0) is 0 Å². The fourth-order valence-electron chi connectivity index (χ4n) is 2.13. The van der Waals surface area contributed by atoms with Crippen LogP contribution in [0.25, 0.3) is 5.69 Å². The van der Waals surface area contributed by atoms with Crippen molar-refractivity contribution in [2.24, 2.45) is 5.84 Å². The minimum atomic E-state index is -0.223. The van der Waals surface area contributed by atoms with Crippen LogP contribution >= 0.6 is 0 Å². The topological polar surface area (TPSA) is 81.7 Å². The predicted octanol–water partition coefficient (Wildman–Crippen LogP) is 1.21. The minimum absolute atomic E-state index is 0.223. The van der Waals surface area contributed by atoms with Crippen molar-refractivity contribution in [3.8, 4) is 5.69 Å². The molecular weight excluding hydrogens is 252 g/mol. The van der Waals surface area contributed by atoms with E-state index < -0.39 is 0 Å². The third kappa shape index (κ3) is 2.29. The highest BCUT2D eigenvalue weighted by atomic mass is 15.3. The highest BCUT2D eigenvalue weighted by Crippen LogP contribution is 2.22. The van der Waals surface area contributed by atoms with Gasteiger partial charge in [0.1, 0.15) is 6.33 Å². The van der Waals surface area contributed by atoms with Gasteiger partial charge in [-0.25, -0.2) is 20.1 Å². The molecule has 100 valence electrons. The second kappa shape index (κ2) is 5.60. The lowest BCUT2D eigenvalue weighted by Crippen LogP contribution is -2.30. The van der Waals surface area contributed by atoms with Gasteiger partial charge in [0.25, 0.3) is 0 Å². The Hall–Kier alpha value is -2.57. The summed E-state index contributed by atoms with van der Waals surface area (Å²) >= 11 is 0. The van der Waals surface area contributed by atoms with E-state index in [1.54, 1.807) is 18.6 Å². The van der Waals surface area contributed by atoms with Gasteiger partial charge in [-0.05, 0) is 18.2 Å². The van der Waals surface area contributed by atoms with Crippen molar-refractivity contribution in [1.82, 2.24) is 25.2 Å². The van der Waals surface area contributed by atoms with Crippen molar-refractivity contribution in [2.45, 2.75) is 6.04 Å². The van der Waals surface area contributed by atoms with Crippen molar-refractivity contribution in [2.75, 3.05) is 0 Å². The monoisotopic (exact) mass is 266 g/mol. The first kappa shape index (κ1) is 12.5.